The number of nitrogens with one attached hydrogen (secondary N) is 1. The SMILES string of the molecule is CC[C@H]1C[C@H]2C[C@]3(C(=O)OC)[C@@H]1N(CC[C@]31C(=O)Nc3ccccc31)[C@@H]2C#N. The van der Waals surface area contributed by atoms with Crippen LogP contribution >= 0.6 is 0 Å². The molecule has 28 heavy (non-hydrogen) atoms. The summed E-state index contributed by atoms with van der Waals surface area (Å²) in [5.41, 5.74) is -0.158. The van der Waals surface area contributed by atoms with Crippen LogP contribution in [0.5, 0.6) is 0 Å². The van der Waals surface area contributed by atoms with Crippen molar-refractivity contribution in [2.75, 3.05) is 19.0 Å². The molecule has 0 radical (unpaired) electrons. The number of rotatable bonds is 2. The minimum absolute atomic E-state index is 0.0804. The first-order valence-electron chi connectivity index (χ1n) is 10.2. The van der Waals surface area contributed by atoms with Crippen molar-refractivity contribution < 1.29 is 14.3 Å². The zero-order valence-corrected chi connectivity index (χ0v) is 16.3. The smallest absolute Gasteiger partial charge is 0.314 e. The summed E-state index contributed by atoms with van der Waals surface area (Å²) < 4.78 is 5.40. The molecule has 1 aromatic rings. The van der Waals surface area contributed by atoms with Crippen molar-refractivity contribution in [3.63, 3.8) is 0 Å². The van der Waals surface area contributed by atoms with Crippen molar-refractivity contribution in [3.05, 3.63) is 29.8 Å². The molecule has 1 saturated carbocycles. The molecule has 1 N–H and O–H groups in total. The van der Waals surface area contributed by atoms with Crippen LogP contribution in [0.2, 0.25) is 0 Å². The van der Waals surface area contributed by atoms with E-state index in [1.165, 1.54) is 7.11 Å². The predicted molar refractivity (Wildman–Crippen MR) is 102 cm³/mol. The molecule has 6 nitrogen and oxygen atoms in total. The molecule has 6 heteroatoms. The maximum atomic E-state index is 13.6. The fourth-order valence-corrected chi connectivity index (χ4v) is 7.14. The minimum atomic E-state index is -0.951. The van der Waals surface area contributed by atoms with Gasteiger partial charge in [0.15, 0.2) is 0 Å². The van der Waals surface area contributed by atoms with Crippen LogP contribution in [0.15, 0.2) is 24.3 Å². The molecule has 6 rings (SSSR count). The molecule has 146 valence electrons. The number of methoxy groups -OCH3 is 1. The quantitative estimate of drug-likeness (QED) is 0.798. The van der Waals surface area contributed by atoms with Gasteiger partial charge in [0.05, 0.1) is 18.6 Å². The van der Waals surface area contributed by atoms with Crippen LogP contribution in [0.25, 0.3) is 0 Å². The van der Waals surface area contributed by atoms with Gasteiger partial charge in [-0.2, -0.15) is 5.26 Å². The number of hydrogen-bond donors (Lipinski definition) is 1. The number of ether oxygens (including phenoxy) is 1. The molecule has 1 aliphatic carbocycles. The summed E-state index contributed by atoms with van der Waals surface area (Å²) >= 11 is 0. The third kappa shape index (κ3) is 1.77. The molecule has 1 spiro atoms. The summed E-state index contributed by atoms with van der Waals surface area (Å²) in [6.45, 7) is 2.79. The van der Waals surface area contributed by atoms with Crippen molar-refractivity contribution >= 4 is 17.6 Å². The Balaban J connectivity index is 1.79. The number of fused-ring (bicyclic) bond motifs is 3. The monoisotopic (exact) mass is 379 g/mol. The van der Waals surface area contributed by atoms with Gasteiger partial charge in [0, 0.05) is 18.3 Å². The van der Waals surface area contributed by atoms with E-state index in [1.807, 2.05) is 24.3 Å². The molecule has 4 aliphatic heterocycles. The second-order valence-electron chi connectivity index (χ2n) is 8.74. The molecule has 1 aromatic carbocycles. The summed E-state index contributed by atoms with van der Waals surface area (Å²) in [5.74, 6) is -0.0276. The third-order valence-electron chi connectivity index (χ3n) is 8.04. The van der Waals surface area contributed by atoms with E-state index < -0.39 is 10.8 Å². The van der Waals surface area contributed by atoms with Crippen LogP contribution in [0.1, 0.15) is 38.2 Å². The average molecular weight is 379 g/mol. The van der Waals surface area contributed by atoms with Crippen molar-refractivity contribution in [2.45, 2.75) is 50.1 Å². The fourth-order valence-electron chi connectivity index (χ4n) is 7.14. The number of benzene rings is 1. The maximum Gasteiger partial charge on any atom is 0.314 e. The molecule has 0 aromatic heterocycles. The van der Waals surface area contributed by atoms with Crippen LogP contribution in [-0.2, 0) is 19.7 Å². The number of piperidine rings is 3. The molecule has 3 saturated heterocycles. The molecule has 4 heterocycles. The van der Waals surface area contributed by atoms with Gasteiger partial charge in [-0.05, 0) is 42.7 Å². The molecule has 4 bridgehead atoms. The largest absolute Gasteiger partial charge is 0.469 e. The number of esters is 1. The Morgan fingerprint density at radius 3 is 2.93 bits per heavy atom. The second-order valence-corrected chi connectivity index (χ2v) is 8.74. The van der Waals surface area contributed by atoms with E-state index in [9.17, 15) is 14.9 Å². The first kappa shape index (κ1) is 17.7. The highest BCUT2D eigenvalue weighted by Crippen LogP contribution is 2.67. The van der Waals surface area contributed by atoms with Crippen molar-refractivity contribution in [1.29, 1.82) is 5.26 Å². The van der Waals surface area contributed by atoms with Gasteiger partial charge in [-0.1, -0.05) is 31.5 Å². The van der Waals surface area contributed by atoms with Crippen LogP contribution in [0.3, 0.4) is 0 Å². The van der Waals surface area contributed by atoms with E-state index in [4.69, 9.17) is 4.74 Å². The summed E-state index contributed by atoms with van der Waals surface area (Å²) in [4.78, 5) is 29.3. The van der Waals surface area contributed by atoms with Crippen molar-refractivity contribution in [3.8, 4) is 6.07 Å². The van der Waals surface area contributed by atoms with Crippen LogP contribution in [0.4, 0.5) is 5.69 Å². The zero-order chi connectivity index (χ0) is 19.7. The number of hydrogen-bond acceptors (Lipinski definition) is 5. The lowest BCUT2D eigenvalue weighted by Gasteiger charge is -2.67. The lowest BCUT2D eigenvalue weighted by Crippen LogP contribution is -2.78. The van der Waals surface area contributed by atoms with Gasteiger partial charge < -0.3 is 10.1 Å². The van der Waals surface area contributed by atoms with E-state index >= 15 is 0 Å². The van der Waals surface area contributed by atoms with Gasteiger partial charge >= 0.3 is 5.97 Å². The lowest BCUT2D eigenvalue weighted by atomic mass is 9.43. The van der Waals surface area contributed by atoms with Gasteiger partial charge in [0.1, 0.15) is 11.5 Å². The van der Waals surface area contributed by atoms with Crippen LogP contribution in [0, 0.1) is 28.6 Å². The Morgan fingerprint density at radius 1 is 1.43 bits per heavy atom. The first-order chi connectivity index (χ1) is 13.5. The van der Waals surface area contributed by atoms with E-state index in [0.717, 1.165) is 24.1 Å². The topological polar surface area (TPSA) is 82.4 Å². The highest BCUT2D eigenvalue weighted by molar-refractivity contribution is 6.10. The van der Waals surface area contributed by atoms with E-state index in [1.54, 1.807) is 0 Å². The molecule has 4 fully saturated rings. The number of para-hydroxylation sites is 1. The van der Waals surface area contributed by atoms with Crippen molar-refractivity contribution in [1.82, 2.24) is 4.90 Å². The molecule has 7 atom stereocenters. The van der Waals surface area contributed by atoms with Crippen LogP contribution < -0.4 is 5.32 Å². The number of anilines is 1. The Bertz CT molecular complexity index is 909. The predicted octanol–water partition coefficient (Wildman–Crippen LogP) is 2.45. The highest BCUT2D eigenvalue weighted by Gasteiger charge is 2.76. The Labute approximate surface area is 164 Å². The fraction of sp³-hybridized carbons (Fsp3) is 0.591. The highest BCUT2D eigenvalue weighted by atomic mass is 16.5. The lowest BCUT2D eigenvalue weighted by molar-refractivity contribution is -0.210. The minimum Gasteiger partial charge on any atom is -0.469 e. The molecule has 5 aliphatic rings. The Kier molecular flexibility index (Phi) is 3.67. The zero-order valence-electron chi connectivity index (χ0n) is 16.3. The molecular formula is C22H25N3O3. The number of carbonyl (C=O) groups is 2. The molecule has 1 unspecified atom stereocenters. The standard InChI is InChI=1S/C22H25N3O3/c1-3-13-10-14-11-22(20(27)28-2)18(13)25(17(14)12-23)9-8-21(22)15-6-4-5-7-16(15)24-19(21)26/h4-7,13-14,17-18H,3,8-11H2,1-2H3,(H,24,26)/t13-,14-,17+,18+,21-,22+/m0/s1. The van der Waals surface area contributed by atoms with Crippen LogP contribution in [-0.4, -0.2) is 42.5 Å². The number of carbonyl (C=O) groups excluding carboxylic acids is 2. The van der Waals surface area contributed by atoms with E-state index in [2.05, 4.69) is 23.2 Å². The van der Waals surface area contributed by atoms with E-state index in [0.29, 0.717) is 19.4 Å². The maximum absolute atomic E-state index is 13.6. The summed E-state index contributed by atoms with van der Waals surface area (Å²) in [6.07, 6.45) is 2.93. The first-order valence-corrected chi connectivity index (χ1v) is 10.2. The van der Waals surface area contributed by atoms with Gasteiger partial charge in [0.25, 0.3) is 0 Å². The average Bonchev–Trinajstić information content (AvgIpc) is 3.02. The Morgan fingerprint density at radius 2 is 2.21 bits per heavy atom. The molecule has 1 amide bonds. The van der Waals surface area contributed by atoms with Gasteiger partial charge in [-0.25, -0.2) is 0 Å². The summed E-state index contributed by atoms with van der Waals surface area (Å²) in [6, 6.07) is 9.91. The number of nitriles is 1. The van der Waals surface area contributed by atoms with E-state index in [-0.39, 0.29) is 35.8 Å². The number of nitrogens with zero attached hydrogens (tertiary/aromatic N) is 2. The normalized spacial score (nSPS) is 42.6. The number of amides is 1. The second kappa shape index (κ2) is 5.81. The van der Waals surface area contributed by atoms with Gasteiger partial charge in [-0.15, -0.1) is 0 Å². The molecular weight excluding hydrogens is 354 g/mol. The van der Waals surface area contributed by atoms with Gasteiger partial charge in [-0.3, -0.25) is 14.5 Å². The summed E-state index contributed by atoms with van der Waals surface area (Å²) in [7, 11) is 1.42. The van der Waals surface area contributed by atoms with Crippen molar-refractivity contribution in [2.24, 2.45) is 17.3 Å². The van der Waals surface area contributed by atoms with Gasteiger partial charge in [0.2, 0.25) is 5.91 Å². The Hall–Kier alpha value is -2.39. The third-order valence-corrected chi connectivity index (χ3v) is 8.04. The summed E-state index contributed by atoms with van der Waals surface area (Å²) in [5, 5.41) is 12.9.